The van der Waals surface area contributed by atoms with E-state index in [1.54, 1.807) is 48.5 Å². The second kappa shape index (κ2) is 5.01. The van der Waals surface area contributed by atoms with E-state index in [2.05, 4.69) is 0 Å². The van der Waals surface area contributed by atoms with Crippen molar-refractivity contribution < 1.29 is 13.9 Å². The maximum Gasteiger partial charge on any atom is 0.344 e. The quantitative estimate of drug-likeness (QED) is 0.406. The number of esters is 1. The van der Waals surface area contributed by atoms with Gasteiger partial charge in [0, 0.05) is 11.5 Å². The lowest BCUT2D eigenvalue weighted by Gasteiger charge is -2.05. The van der Waals surface area contributed by atoms with Gasteiger partial charge in [-0.15, -0.1) is 0 Å². The van der Waals surface area contributed by atoms with Gasteiger partial charge >= 0.3 is 11.6 Å². The zero-order valence-electron chi connectivity index (χ0n) is 10.4. The van der Waals surface area contributed by atoms with Crippen molar-refractivity contribution in [1.82, 2.24) is 0 Å². The first kappa shape index (κ1) is 12.2. The minimum absolute atomic E-state index is 0.195. The molecule has 0 aliphatic carbocycles. The standard InChI is InChI=1S/C16H10O4/c17-15-10-13(12-8-4-5-9-14(12)20-15)16(18)19-11-6-2-1-3-7-11/h1-10H. The van der Waals surface area contributed by atoms with E-state index in [0.717, 1.165) is 6.07 Å². The summed E-state index contributed by atoms with van der Waals surface area (Å²) in [6.07, 6.45) is 0. The molecule has 4 nitrogen and oxygen atoms in total. The van der Waals surface area contributed by atoms with Crippen LogP contribution in [0.25, 0.3) is 11.0 Å². The van der Waals surface area contributed by atoms with Crippen molar-refractivity contribution in [3.05, 3.63) is 76.6 Å². The number of ether oxygens (including phenoxy) is 1. The van der Waals surface area contributed by atoms with Crippen LogP contribution in [0.5, 0.6) is 5.75 Å². The normalized spacial score (nSPS) is 10.4. The van der Waals surface area contributed by atoms with E-state index < -0.39 is 11.6 Å². The Morgan fingerprint density at radius 2 is 1.65 bits per heavy atom. The first-order chi connectivity index (χ1) is 9.74. The zero-order valence-corrected chi connectivity index (χ0v) is 10.4. The van der Waals surface area contributed by atoms with Gasteiger partial charge < -0.3 is 9.15 Å². The van der Waals surface area contributed by atoms with Crippen molar-refractivity contribution in [3.63, 3.8) is 0 Å². The van der Waals surface area contributed by atoms with E-state index in [-0.39, 0.29) is 5.56 Å². The van der Waals surface area contributed by atoms with Gasteiger partial charge in [0.1, 0.15) is 11.3 Å². The number of carbonyl (C=O) groups excluding carboxylic acids is 1. The molecule has 0 unspecified atom stereocenters. The van der Waals surface area contributed by atoms with Crippen LogP contribution in [0.4, 0.5) is 0 Å². The van der Waals surface area contributed by atoms with Gasteiger partial charge in [0.15, 0.2) is 0 Å². The lowest BCUT2D eigenvalue weighted by Crippen LogP contribution is -2.12. The van der Waals surface area contributed by atoms with Crippen molar-refractivity contribution in [3.8, 4) is 5.75 Å². The molecule has 0 spiro atoms. The lowest BCUT2D eigenvalue weighted by atomic mass is 10.1. The molecular formula is C16H10O4. The fourth-order valence-corrected chi connectivity index (χ4v) is 1.93. The highest BCUT2D eigenvalue weighted by atomic mass is 16.5. The van der Waals surface area contributed by atoms with Crippen LogP contribution in [0.15, 0.2) is 69.9 Å². The Labute approximate surface area is 114 Å². The summed E-state index contributed by atoms with van der Waals surface area (Å²) >= 11 is 0. The lowest BCUT2D eigenvalue weighted by molar-refractivity contribution is 0.0736. The van der Waals surface area contributed by atoms with Crippen LogP contribution < -0.4 is 10.4 Å². The number of hydrogen-bond donors (Lipinski definition) is 0. The average Bonchev–Trinajstić information content (AvgIpc) is 2.47. The van der Waals surface area contributed by atoms with Crippen molar-refractivity contribution in [1.29, 1.82) is 0 Å². The van der Waals surface area contributed by atoms with Crippen LogP contribution in [-0.2, 0) is 0 Å². The summed E-state index contributed by atoms with van der Waals surface area (Å²) in [6.45, 7) is 0. The molecule has 1 aromatic heterocycles. The summed E-state index contributed by atoms with van der Waals surface area (Å²) in [5.74, 6) is -0.157. The van der Waals surface area contributed by atoms with Gasteiger partial charge in [0.2, 0.25) is 0 Å². The highest BCUT2D eigenvalue weighted by Gasteiger charge is 2.14. The van der Waals surface area contributed by atoms with Gasteiger partial charge in [0.05, 0.1) is 5.56 Å². The minimum atomic E-state index is -0.583. The molecule has 0 aliphatic heterocycles. The highest BCUT2D eigenvalue weighted by molar-refractivity contribution is 6.03. The fraction of sp³-hybridized carbons (Fsp3) is 0. The van der Waals surface area contributed by atoms with Gasteiger partial charge in [-0.05, 0) is 18.2 Å². The predicted molar refractivity (Wildman–Crippen MR) is 73.9 cm³/mol. The number of fused-ring (bicyclic) bond motifs is 1. The summed E-state index contributed by atoms with van der Waals surface area (Å²) in [6, 6.07) is 16.7. The number of rotatable bonds is 2. The van der Waals surface area contributed by atoms with E-state index in [9.17, 15) is 9.59 Å². The van der Waals surface area contributed by atoms with Gasteiger partial charge in [-0.3, -0.25) is 0 Å². The Balaban J connectivity index is 2.05. The zero-order chi connectivity index (χ0) is 13.9. The fourth-order valence-electron chi connectivity index (χ4n) is 1.93. The molecule has 1 heterocycles. The van der Waals surface area contributed by atoms with Crippen molar-refractivity contribution in [2.24, 2.45) is 0 Å². The summed E-state index contributed by atoms with van der Waals surface area (Å²) in [7, 11) is 0. The first-order valence-corrected chi connectivity index (χ1v) is 6.04. The Morgan fingerprint density at radius 3 is 2.45 bits per heavy atom. The van der Waals surface area contributed by atoms with E-state index in [1.807, 2.05) is 6.07 Å². The molecule has 20 heavy (non-hydrogen) atoms. The third kappa shape index (κ3) is 2.31. The SMILES string of the molecule is O=C(Oc1ccccc1)c1cc(=O)oc2ccccc12. The smallest absolute Gasteiger partial charge is 0.344 e. The molecule has 3 aromatic rings. The molecule has 0 fully saturated rings. The van der Waals surface area contributed by atoms with E-state index in [4.69, 9.17) is 9.15 Å². The van der Waals surface area contributed by atoms with Gasteiger partial charge in [-0.1, -0.05) is 36.4 Å². The molecule has 2 aromatic carbocycles. The van der Waals surface area contributed by atoms with Crippen molar-refractivity contribution >= 4 is 16.9 Å². The van der Waals surface area contributed by atoms with Crippen LogP contribution in [0.2, 0.25) is 0 Å². The molecule has 0 bridgehead atoms. The Morgan fingerprint density at radius 1 is 0.950 bits per heavy atom. The van der Waals surface area contributed by atoms with Crippen molar-refractivity contribution in [2.75, 3.05) is 0 Å². The second-order valence-electron chi connectivity index (χ2n) is 4.18. The maximum atomic E-state index is 12.2. The minimum Gasteiger partial charge on any atom is -0.423 e. The topological polar surface area (TPSA) is 56.5 Å². The molecule has 0 atom stereocenters. The van der Waals surface area contributed by atoms with Crippen molar-refractivity contribution in [2.45, 2.75) is 0 Å². The van der Waals surface area contributed by atoms with Crippen LogP contribution in [0.1, 0.15) is 10.4 Å². The Kier molecular flexibility index (Phi) is 3.05. The molecule has 0 aliphatic rings. The van der Waals surface area contributed by atoms with Crippen LogP contribution in [0.3, 0.4) is 0 Å². The molecule has 0 radical (unpaired) electrons. The van der Waals surface area contributed by atoms with Crippen LogP contribution in [0, 0.1) is 0 Å². The molecule has 0 N–H and O–H groups in total. The number of benzene rings is 2. The molecule has 0 saturated heterocycles. The van der Waals surface area contributed by atoms with E-state index in [1.165, 1.54) is 0 Å². The van der Waals surface area contributed by atoms with E-state index >= 15 is 0 Å². The van der Waals surface area contributed by atoms with Gasteiger partial charge in [0.25, 0.3) is 0 Å². The summed E-state index contributed by atoms with van der Waals surface area (Å²) in [4.78, 5) is 23.7. The van der Waals surface area contributed by atoms with E-state index in [0.29, 0.717) is 16.7 Å². The predicted octanol–water partition coefficient (Wildman–Crippen LogP) is 3.01. The third-order valence-corrected chi connectivity index (χ3v) is 2.82. The largest absolute Gasteiger partial charge is 0.423 e. The number of carbonyl (C=O) groups is 1. The molecule has 98 valence electrons. The molecule has 3 rings (SSSR count). The molecule has 0 amide bonds. The monoisotopic (exact) mass is 266 g/mol. The first-order valence-electron chi connectivity index (χ1n) is 6.04. The average molecular weight is 266 g/mol. The third-order valence-electron chi connectivity index (χ3n) is 2.82. The Bertz CT molecular complexity index is 819. The molecule has 0 saturated carbocycles. The summed E-state index contributed by atoms with van der Waals surface area (Å²) in [5.41, 5.74) is -0.0237. The molecule has 4 heteroatoms. The van der Waals surface area contributed by atoms with Crippen LogP contribution >= 0.6 is 0 Å². The highest BCUT2D eigenvalue weighted by Crippen LogP contribution is 2.19. The van der Waals surface area contributed by atoms with Gasteiger partial charge in [-0.2, -0.15) is 0 Å². The maximum absolute atomic E-state index is 12.2. The number of para-hydroxylation sites is 2. The Hall–Kier alpha value is -2.88. The van der Waals surface area contributed by atoms with Gasteiger partial charge in [-0.25, -0.2) is 9.59 Å². The summed E-state index contributed by atoms with van der Waals surface area (Å²) in [5, 5.41) is 0.549. The summed E-state index contributed by atoms with van der Waals surface area (Å²) < 4.78 is 10.3. The number of hydrogen-bond acceptors (Lipinski definition) is 4. The van der Waals surface area contributed by atoms with Crippen LogP contribution in [-0.4, -0.2) is 5.97 Å². The molecular weight excluding hydrogens is 256 g/mol. The second-order valence-corrected chi connectivity index (χ2v) is 4.18.